The summed E-state index contributed by atoms with van der Waals surface area (Å²) in [5, 5.41) is 7.12. The van der Waals surface area contributed by atoms with Gasteiger partial charge < -0.3 is 24.5 Å². The van der Waals surface area contributed by atoms with Crippen molar-refractivity contribution in [3.05, 3.63) is 66.2 Å². The third-order valence-electron chi connectivity index (χ3n) is 7.25. The summed E-state index contributed by atoms with van der Waals surface area (Å²) in [6, 6.07) is 16.1. The number of anilines is 1. The van der Waals surface area contributed by atoms with Crippen LogP contribution in [0.2, 0.25) is 0 Å². The van der Waals surface area contributed by atoms with E-state index in [2.05, 4.69) is 54.5 Å². The average molecular weight is 576 g/mol. The zero-order valence-electron chi connectivity index (χ0n) is 23.8. The molecule has 0 saturated carbocycles. The van der Waals surface area contributed by atoms with Gasteiger partial charge in [-0.05, 0) is 73.2 Å². The topological polar surface area (TPSA) is 73.3 Å². The summed E-state index contributed by atoms with van der Waals surface area (Å²) in [7, 11) is 0. The van der Waals surface area contributed by atoms with Gasteiger partial charge in [-0.25, -0.2) is 4.79 Å². The molecule has 2 fully saturated rings. The minimum Gasteiger partial charge on any atom is -0.494 e. The van der Waals surface area contributed by atoms with Gasteiger partial charge in [0, 0.05) is 50.5 Å². The van der Waals surface area contributed by atoms with Crippen LogP contribution in [0.1, 0.15) is 49.0 Å². The van der Waals surface area contributed by atoms with Crippen LogP contribution in [0.25, 0.3) is 6.08 Å². The number of carboxylic acid groups (broad SMARTS) is 1. The molecular formula is C31H40F3N3O4. The van der Waals surface area contributed by atoms with Gasteiger partial charge in [-0.1, -0.05) is 38.6 Å². The smallest absolute Gasteiger partial charge is 0.490 e. The first kappa shape index (κ1) is 32.0. The van der Waals surface area contributed by atoms with Gasteiger partial charge in [-0.3, -0.25) is 4.79 Å². The highest BCUT2D eigenvalue weighted by Crippen LogP contribution is 2.28. The first-order valence-corrected chi connectivity index (χ1v) is 13.9. The number of piperidine rings is 1. The number of nitrogens with zero attached hydrogens (tertiary/aromatic N) is 3. The second-order valence-electron chi connectivity index (χ2n) is 11.2. The predicted molar refractivity (Wildman–Crippen MR) is 154 cm³/mol. The van der Waals surface area contributed by atoms with Gasteiger partial charge in [0.2, 0.25) is 0 Å². The number of rotatable bonds is 8. The van der Waals surface area contributed by atoms with Gasteiger partial charge in [-0.2, -0.15) is 13.2 Å². The van der Waals surface area contributed by atoms with Gasteiger partial charge in [0.15, 0.2) is 0 Å². The van der Waals surface area contributed by atoms with E-state index in [1.54, 1.807) is 6.08 Å². The molecule has 10 heteroatoms. The maximum Gasteiger partial charge on any atom is 0.490 e. The molecule has 7 nitrogen and oxygen atoms in total. The van der Waals surface area contributed by atoms with E-state index in [1.165, 1.54) is 31.6 Å². The molecule has 41 heavy (non-hydrogen) atoms. The Morgan fingerprint density at radius 2 is 1.71 bits per heavy atom. The Morgan fingerprint density at radius 1 is 1.05 bits per heavy atom. The van der Waals surface area contributed by atoms with E-state index >= 15 is 0 Å². The van der Waals surface area contributed by atoms with Gasteiger partial charge in [0.1, 0.15) is 5.75 Å². The molecule has 0 aliphatic carbocycles. The number of piperazine rings is 1. The van der Waals surface area contributed by atoms with E-state index in [4.69, 9.17) is 14.6 Å². The Bertz CT molecular complexity index is 1160. The van der Waals surface area contributed by atoms with E-state index < -0.39 is 12.1 Å². The van der Waals surface area contributed by atoms with E-state index in [0.29, 0.717) is 5.41 Å². The Morgan fingerprint density at radius 3 is 2.29 bits per heavy atom. The maximum absolute atomic E-state index is 12.9. The van der Waals surface area contributed by atoms with Crippen LogP contribution in [-0.2, 0) is 4.79 Å². The summed E-state index contributed by atoms with van der Waals surface area (Å²) in [4.78, 5) is 28.6. The number of benzene rings is 2. The first-order valence-electron chi connectivity index (χ1n) is 13.9. The Balaban J connectivity index is 0.000000587. The fourth-order valence-electron chi connectivity index (χ4n) is 5.12. The standard InChI is InChI=1S/C29H39N3O2.C2HF3O2/c1-4-24-8-5-9-25(22-24)28(33)32-19-17-31(18-20-32)26-10-12-27(13-11-26)34-21-7-16-30-15-6-14-29(2,3)23-30;3-2(4,5)1(6)7/h4-5,8-13,22H,1,6-7,14-21,23H2,2-3H3;(H,6,7). The van der Waals surface area contributed by atoms with Crippen molar-refractivity contribution in [3.8, 4) is 5.75 Å². The number of likely N-dealkylation sites (tertiary alicyclic amines) is 1. The monoisotopic (exact) mass is 575 g/mol. The zero-order valence-corrected chi connectivity index (χ0v) is 23.8. The van der Waals surface area contributed by atoms with Crippen LogP contribution >= 0.6 is 0 Å². The van der Waals surface area contributed by atoms with Crippen LogP contribution in [0.15, 0.2) is 55.1 Å². The highest BCUT2D eigenvalue weighted by molar-refractivity contribution is 5.95. The van der Waals surface area contributed by atoms with Crippen LogP contribution in [0.5, 0.6) is 5.75 Å². The lowest BCUT2D eigenvalue weighted by Crippen LogP contribution is -2.48. The van der Waals surface area contributed by atoms with Crippen LogP contribution in [0, 0.1) is 5.41 Å². The molecule has 0 aromatic heterocycles. The number of hydrogen-bond donors (Lipinski definition) is 1. The van der Waals surface area contributed by atoms with Crippen LogP contribution in [-0.4, -0.2) is 85.4 Å². The molecule has 4 rings (SSSR count). The molecule has 2 heterocycles. The van der Waals surface area contributed by atoms with Crippen molar-refractivity contribution in [1.82, 2.24) is 9.80 Å². The molecule has 0 radical (unpaired) electrons. The molecule has 2 aliphatic heterocycles. The van der Waals surface area contributed by atoms with Crippen LogP contribution in [0.3, 0.4) is 0 Å². The quantitative estimate of drug-likeness (QED) is 0.400. The summed E-state index contributed by atoms with van der Waals surface area (Å²) >= 11 is 0. The van der Waals surface area contributed by atoms with E-state index in [1.807, 2.05) is 29.2 Å². The van der Waals surface area contributed by atoms with Crippen molar-refractivity contribution in [2.24, 2.45) is 5.41 Å². The third-order valence-corrected chi connectivity index (χ3v) is 7.25. The highest BCUT2D eigenvalue weighted by atomic mass is 19.4. The van der Waals surface area contributed by atoms with Gasteiger partial charge in [0.05, 0.1) is 6.61 Å². The zero-order chi connectivity index (χ0) is 30.0. The van der Waals surface area contributed by atoms with E-state index in [-0.39, 0.29) is 5.91 Å². The number of halogens is 3. The number of carboxylic acids is 1. The number of carbonyl (C=O) groups excluding carboxylic acids is 1. The summed E-state index contributed by atoms with van der Waals surface area (Å²) < 4.78 is 37.7. The fourth-order valence-corrected chi connectivity index (χ4v) is 5.12. The van der Waals surface area contributed by atoms with Crippen LogP contribution in [0.4, 0.5) is 18.9 Å². The second-order valence-corrected chi connectivity index (χ2v) is 11.2. The van der Waals surface area contributed by atoms with E-state index in [9.17, 15) is 18.0 Å². The SMILES string of the molecule is C=Cc1cccc(C(=O)N2CCN(c3ccc(OCCCN4CCCC(C)(C)C4)cc3)CC2)c1.O=C(O)C(F)(F)F. The lowest BCUT2D eigenvalue weighted by atomic mass is 9.84. The Labute approximate surface area is 240 Å². The van der Waals surface area contributed by atoms with Gasteiger partial charge in [-0.15, -0.1) is 0 Å². The number of aliphatic carboxylic acids is 1. The summed E-state index contributed by atoms with van der Waals surface area (Å²) in [6.07, 6.45) is 0.391. The second kappa shape index (κ2) is 14.4. The fraction of sp³-hybridized carbons (Fsp3) is 0.484. The average Bonchev–Trinajstić information content (AvgIpc) is 2.95. The number of alkyl halides is 3. The molecule has 1 amide bonds. The molecule has 2 saturated heterocycles. The minimum absolute atomic E-state index is 0.0974. The Hall–Kier alpha value is -3.53. The predicted octanol–water partition coefficient (Wildman–Crippen LogP) is 5.82. The van der Waals surface area contributed by atoms with Crippen LogP contribution < -0.4 is 9.64 Å². The molecule has 1 N–H and O–H groups in total. The lowest BCUT2D eigenvalue weighted by Gasteiger charge is -2.38. The molecule has 2 aromatic rings. The summed E-state index contributed by atoms with van der Waals surface area (Å²) in [5.74, 6) is -1.73. The maximum atomic E-state index is 12.9. The number of amides is 1. The number of ether oxygens (including phenoxy) is 1. The molecule has 0 spiro atoms. The highest BCUT2D eigenvalue weighted by Gasteiger charge is 2.38. The van der Waals surface area contributed by atoms with Crippen molar-refractivity contribution >= 4 is 23.6 Å². The molecule has 0 unspecified atom stereocenters. The molecule has 0 atom stereocenters. The molecule has 0 bridgehead atoms. The molecule has 2 aromatic carbocycles. The van der Waals surface area contributed by atoms with Crippen molar-refractivity contribution in [2.75, 3.05) is 57.3 Å². The number of hydrogen-bond acceptors (Lipinski definition) is 5. The molecule has 2 aliphatic rings. The molecular weight excluding hydrogens is 535 g/mol. The largest absolute Gasteiger partial charge is 0.494 e. The van der Waals surface area contributed by atoms with Crippen molar-refractivity contribution < 1.29 is 32.6 Å². The van der Waals surface area contributed by atoms with Crippen molar-refractivity contribution in [3.63, 3.8) is 0 Å². The third kappa shape index (κ3) is 10.1. The summed E-state index contributed by atoms with van der Waals surface area (Å²) in [5.41, 5.74) is 3.34. The normalized spacial score (nSPS) is 17.3. The van der Waals surface area contributed by atoms with E-state index in [0.717, 1.165) is 62.6 Å². The minimum atomic E-state index is -5.08. The van der Waals surface area contributed by atoms with Crippen molar-refractivity contribution in [2.45, 2.75) is 39.3 Å². The first-order chi connectivity index (χ1) is 19.4. The number of carbonyl (C=O) groups is 2. The lowest BCUT2D eigenvalue weighted by molar-refractivity contribution is -0.192. The van der Waals surface area contributed by atoms with Crippen molar-refractivity contribution in [1.29, 1.82) is 0 Å². The molecule has 224 valence electrons. The van der Waals surface area contributed by atoms with Gasteiger partial charge in [0.25, 0.3) is 5.91 Å². The Kier molecular flexibility index (Phi) is 11.2. The summed E-state index contributed by atoms with van der Waals surface area (Å²) in [6.45, 7) is 15.9. The van der Waals surface area contributed by atoms with Gasteiger partial charge >= 0.3 is 12.1 Å².